The molecule has 0 spiro atoms. The highest BCUT2D eigenvalue weighted by Gasteiger charge is 2.19. The second kappa shape index (κ2) is 5.89. The number of benzene rings is 2. The summed E-state index contributed by atoms with van der Waals surface area (Å²) in [5.74, 6) is 0.306. The first-order valence-corrected chi connectivity index (χ1v) is 7.37. The van der Waals surface area contributed by atoms with Crippen molar-refractivity contribution in [3.8, 4) is 0 Å². The molecule has 0 aromatic heterocycles. The summed E-state index contributed by atoms with van der Waals surface area (Å²) in [5, 5.41) is 0. The van der Waals surface area contributed by atoms with E-state index in [4.69, 9.17) is 5.73 Å². The Morgan fingerprint density at radius 2 is 1.63 bits per heavy atom. The first kappa shape index (κ1) is 14.3. The van der Waals surface area contributed by atoms with Crippen LogP contribution in [-0.4, -0.2) is 0 Å². The van der Waals surface area contributed by atoms with Crippen LogP contribution in [0.25, 0.3) is 0 Å². The van der Waals surface area contributed by atoms with Crippen LogP contribution in [0, 0.1) is 13.8 Å². The first-order valence-electron chi connectivity index (χ1n) is 6.58. The molecule has 0 saturated heterocycles. The average molecular weight is 318 g/mol. The van der Waals surface area contributed by atoms with Gasteiger partial charge in [-0.2, -0.15) is 0 Å². The maximum Gasteiger partial charge on any atom is 0.0364 e. The zero-order chi connectivity index (χ0) is 14.0. The molecule has 0 fully saturated rings. The van der Waals surface area contributed by atoms with Gasteiger partial charge in [-0.3, -0.25) is 0 Å². The van der Waals surface area contributed by atoms with E-state index >= 15 is 0 Å². The maximum atomic E-state index is 6.48. The summed E-state index contributed by atoms with van der Waals surface area (Å²) >= 11 is 3.57. The zero-order valence-electron chi connectivity index (χ0n) is 11.7. The Hall–Kier alpha value is -1.12. The van der Waals surface area contributed by atoms with Crippen LogP contribution in [0.15, 0.2) is 46.9 Å². The van der Waals surface area contributed by atoms with E-state index in [1.54, 1.807) is 0 Å². The lowest BCUT2D eigenvalue weighted by Gasteiger charge is -2.23. The maximum absolute atomic E-state index is 6.48. The Morgan fingerprint density at radius 1 is 1.00 bits per heavy atom. The predicted molar refractivity (Wildman–Crippen MR) is 85.4 cm³/mol. The van der Waals surface area contributed by atoms with E-state index < -0.39 is 0 Å². The summed E-state index contributed by atoms with van der Waals surface area (Å²) in [6.07, 6.45) is 0. The van der Waals surface area contributed by atoms with Gasteiger partial charge in [-0.1, -0.05) is 59.3 Å². The fraction of sp³-hybridized carbons (Fsp3) is 0.294. The second-order valence-electron chi connectivity index (χ2n) is 5.18. The highest BCUT2D eigenvalue weighted by Crippen LogP contribution is 2.32. The minimum absolute atomic E-state index is 0.0224. The van der Waals surface area contributed by atoms with Crippen LogP contribution in [-0.2, 0) is 0 Å². The molecule has 0 aliphatic heterocycles. The van der Waals surface area contributed by atoms with Crippen molar-refractivity contribution in [3.05, 3.63) is 69.2 Å². The standard InChI is InChI=1S/C17H20BrN/c1-11-10-16(18)12(2)9-15(11)17(19)13(3)14-7-5-4-6-8-14/h4-10,13,17H,19H2,1-3H3. The first-order chi connectivity index (χ1) is 9.00. The van der Waals surface area contributed by atoms with E-state index in [2.05, 4.69) is 73.1 Å². The molecule has 0 amide bonds. The second-order valence-corrected chi connectivity index (χ2v) is 6.04. The van der Waals surface area contributed by atoms with Crippen LogP contribution < -0.4 is 5.73 Å². The number of aryl methyl sites for hydroxylation is 2. The van der Waals surface area contributed by atoms with E-state index in [-0.39, 0.29) is 6.04 Å². The van der Waals surface area contributed by atoms with Crippen molar-refractivity contribution in [2.75, 3.05) is 0 Å². The van der Waals surface area contributed by atoms with Crippen molar-refractivity contribution < 1.29 is 0 Å². The summed E-state index contributed by atoms with van der Waals surface area (Å²) in [6, 6.07) is 14.8. The molecular weight excluding hydrogens is 298 g/mol. The number of halogens is 1. The monoisotopic (exact) mass is 317 g/mol. The van der Waals surface area contributed by atoms with E-state index in [0.717, 1.165) is 4.47 Å². The van der Waals surface area contributed by atoms with E-state index in [1.165, 1.54) is 22.3 Å². The van der Waals surface area contributed by atoms with Gasteiger partial charge in [0.25, 0.3) is 0 Å². The topological polar surface area (TPSA) is 26.0 Å². The summed E-state index contributed by atoms with van der Waals surface area (Å²) in [6.45, 7) is 6.42. The normalized spacial score (nSPS) is 14.2. The van der Waals surface area contributed by atoms with Crippen LogP contribution >= 0.6 is 15.9 Å². The summed E-state index contributed by atoms with van der Waals surface area (Å²) in [5.41, 5.74) is 11.5. The number of hydrogen-bond acceptors (Lipinski definition) is 1. The quantitative estimate of drug-likeness (QED) is 0.858. The summed E-state index contributed by atoms with van der Waals surface area (Å²) in [4.78, 5) is 0. The number of hydrogen-bond donors (Lipinski definition) is 1. The highest BCUT2D eigenvalue weighted by atomic mass is 79.9. The van der Waals surface area contributed by atoms with Gasteiger partial charge in [-0.25, -0.2) is 0 Å². The van der Waals surface area contributed by atoms with Crippen LogP contribution in [0.1, 0.15) is 41.1 Å². The van der Waals surface area contributed by atoms with E-state index in [0.29, 0.717) is 5.92 Å². The van der Waals surface area contributed by atoms with Gasteiger partial charge in [0.05, 0.1) is 0 Å². The van der Waals surface area contributed by atoms with Crippen molar-refractivity contribution in [3.63, 3.8) is 0 Å². The zero-order valence-corrected chi connectivity index (χ0v) is 13.2. The number of nitrogens with two attached hydrogens (primary N) is 1. The van der Waals surface area contributed by atoms with Gasteiger partial charge in [-0.15, -0.1) is 0 Å². The van der Waals surface area contributed by atoms with Crippen molar-refractivity contribution in [2.45, 2.75) is 32.7 Å². The molecule has 100 valence electrons. The molecule has 0 heterocycles. The lowest BCUT2D eigenvalue weighted by atomic mass is 9.87. The third-order valence-corrected chi connectivity index (χ3v) is 4.62. The van der Waals surface area contributed by atoms with Gasteiger partial charge >= 0.3 is 0 Å². The molecule has 1 nitrogen and oxygen atoms in total. The van der Waals surface area contributed by atoms with Gasteiger partial charge in [0.15, 0.2) is 0 Å². The Kier molecular flexibility index (Phi) is 4.43. The fourth-order valence-corrected chi connectivity index (χ4v) is 2.85. The third kappa shape index (κ3) is 3.07. The molecular formula is C17H20BrN. The Labute approximate surface area is 124 Å². The molecule has 2 N–H and O–H groups in total. The van der Waals surface area contributed by atoms with Crippen molar-refractivity contribution >= 4 is 15.9 Å². The van der Waals surface area contributed by atoms with Gasteiger partial charge in [0, 0.05) is 16.4 Å². The summed E-state index contributed by atoms with van der Waals surface area (Å²) < 4.78 is 1.15. The third-order valence-electron chi connectivity index (χ3n) is 3.77. The van der Waals surface area contributed by atoms with Crippen LogP contribution in [0.3, 0.4) is 0 Å². The van der Waals surface area contributed by atoms with Gasteiger partial charge in [0.1, 0.15) is 0 Å². The van der Waals surface area contributed by atoms with E-state index in [1.807, 2.05) is 6.07 Å². The van der Waals surface area contributed by atoms with Crippen molar-refractivity contribution in [1.82, 2.24) is 0 Å². The van der Waals surface area contributed by atoms with Gasteiger partial charge < -0.3 is 5.73 Å². The molecule has 0 aliphatic rings. The van der Waals surface area contributed by atoms with Crippen LogP contribution in [0.2, 0.25) is 0 Å². The van der Waals surface area contributed by atoms with Crippen LogP contribution in [0.5, 0.6) is 0 Å². The molecule has 2 rings (SSSR count). The predicted octanol–water partition coefficient (Wildman–Crippen LogP) is 4.87. The lowest BCUT2D eigenvalue weighted by Crippen LogP contribution is -2.19. The molecule has 2 unspecified atom stereocenters. The molecule has 2 heteroatoms. The molecule has 2 atom stereocenters. The molecule has 2 aromatic rings. The summed E-state index contributed by atoms with van der Waals surface area (Å²) in [7, 11) is 0. The Balaban J connectivity index is 2.34. The SMILES string of the molecule is Cc1cc(C(N)C(C)c2ccccc2)c(C)cc1Br. The lowest BCUT2D eigenvalue weighted by molar-refractivity contribution is 0.594. The van der Waals surface area contributed by atoms with E-state index in [9.17, 15) is 0 Å². The minimum atomic E-state index is 0.0224. The molecule has 19 heavy (non-hydrogen) atoms. The molecule has 0 saturated carbocycles. The smallest absolute Gasteiger partial charge is 0.0364 e. The highest BCUT2D eigenvalue weighted by molar-refractivity contribution is 9.10. The van der Waals surface area contributed by atoms with Crippen LogP contribution in [0.4, 0.5) is 0 Å². The van der Waals surface area contributed by atoms with Gasteiger partial charge in [-0.05, 0) is 42.2 Å². The molecule has 0 bridgehead atoms. The Bertz CT molecular complexity index is 563. The number of rotatable bonds is 3. The minimum Gasteiger partial charge on any atom is -0.323 e. The van der Waals surface area contributed by atoms with Crippen molar-refractivity contribution in [1.29, 1.82) is 0 Å². The Morgan fingerprint density at radius 3 is 2.26 bits per heavy atom. The van der Waals surface area contributed by atoms with Crippen molar-refractivity contribution in [2.24, 2.45) is 5.73 Å². The fourth-order valence-electron chi connectivity index (χ4n) is 2.40. The molecule has 2 aromatic carbocycles. The largest absolute Gasteiger partial charge is 0.323 e. The average Bonchev–Trinajstić information content (AvgIpc) is 2.42. The molecule has 0 aliphatic carbocycles. The molecule has 0 radical (unpaired) electrons. The van der Waals surface area contributed by atoms with Gasteiger partial charge in [0.2, 0.25) is 0 Å².